The monoisotopic (exact) mass is 281 g/mol. The van der Waals surface area contributed by atoms with Crippen LogP contribution in [0.25, 0.3) is 0 Å². The van der Waals surface area contributed by atoms with Crippen LogP contribution in [0.3, 0.4) is 0 Å². The quantitative estimate of drug-likeness (QED) is 0.709. The van der Waals surface area contributed by atoms with Crippen molar-refractivity contribution in [3.05, 3.63) is 12.2 Å². The van der Waals surface area contributed by atoms with Crippen molar-refractivity contribution in [2.45, 2.75) is 39.0 Å². The van der Waals surface area contributed by atoms with E-state index in [0.717, 1.165) is 5.82 Å². The Labute approximate surface area is 116 Å². The Kier molecular flexibility index (Phi) is 4.33. The highest BCUT2D eigenvalue weighted by atomic mass is 16.3. The van der Waals surface area contributed by atoms with E-state index in [1.807, 2.05) is 4.57 Å². The molecule has 0 spiro atoms. The number of nitrogens with two attached hydrogens (primary N) is 1. The predicted molar refractivity (Wildman–Crippen MR) is 69.0 cm³/mol. The van der Waals surface area contributed by atoms with Crippen molar-refractivity contribution in [2.24, 2.45) is 11.7 Å². The summed E-state index contributed by atoms with van der Waals surface area (Å²) in [7, 11) is 0. The fourth-order valence-electron chi connectivity index (χ4n) is 2.23. The molecule has 1 aliphatic heterocycles. The molecule has 8 nitrogen and oxygen atoms in total. The first kappa shape index (κ1) is 14.4. The van der Waals surface area contributed by atoms with Crippen molar-refractivity contribution in [3.8, 4) is 0 Å². The second-order valence-corrected chi connectivity index (χ2v) is 5.18. The van der Waals surface area contributed by atoms with E-state index in [9.17, 15) is 14.7 Å². The number of amides is 2. The number of carbonyl (C=O) groups excluding carboxylic acids is 2. The zero-order chi connectivity index (χ0) is 14.7. The fraction of sp³-hybridized carbons (Fsp3) is 0.667. The highest BCUT2D eigenvalue weighted by Gasteiger charge is 2.25. The molecule has 0 unspecified atom stereocenters. The van der Waals surface area contributed by atoms with Crippen molar-refractivity contribution in [3.63, 3.8) is 0 Å². The van der Waals surface area contributed by atoms with Gasteiger partial charge in [0.15, 0.2) is 5.82 Å². The molecule has 0 aliphatic carbocycles. The minimum Gasteiger partial charge on any atom is -0.392 e. The van der Waals surface area contributed by atoms with Crippen LogP contribution >= 0.6 is 0 Å². The van der Waals surface area contributed by atoms with Crippen LogP contribution in [0.15, 0.2) is 6.33 Å². The van der Waals surface area contributed by atoms with Gasteiger partial charge in [-0.3, -0.25) is 9.59 Å². The number of hydrogen-bond donors (Lipinski definition) is 2. The van der Waals surface area contributed by atoms with Gasteiger partial charge in [0.25, 0.3) is 0 Å². The summed E-state index contributed by atoms with van der Waals surface area (Å²) >= 11 is 0. The van der Waals surface area contributed by atoms with Gasteiger partial charge < -0.3 is 20.3 Å². The van der Waals surface area contributed by atoms with E-state index in [1.165, 1.54) is 0 Å². The Morgan fingerprint density at radius 2 is 2.20 bits per heavy atom. The summed E-state index contributed by atoms with van der Waals surface area (Å²) in [4.78, 5) is 24.6. The van der Waals surface area contributed by atoms with Crippen LogP contribution in [-0.2, 0) is 22.7 Å². The minimum absolute atomic E-state index is 0.0599. The molecule has 2 heterocycles. The number of aromatic nitrogens is 3. The highest BCUT2D eigenvalue weighted by molar-refractivity contribution is 5.77. The average molecular weight is 281 g/mol. The largest absolute Gasteiger partial charge is 0.392 e. The van der Waals surface area contributed by atoms with Crippen molar-refractivity contribution < 1.29 is 14.7 Å². The van der Waals surface area contributed by atoms with Gasteiger partial charge in [-0.2, -0.15) is 0 Å². The molecule has 110 valence electrons. The summed E-state index contributed by atoms with van der Waals surface area (Å²) in [6.45, 7) is 3.43. The van der Waals surface area contributed by atoms with E-state index in [4.69, 9.17) is 5.73 Å². The van der Waals surface area contributed by atoms with Crippen LogP contribution < -0.4 is 5.73 Å². The summed E-state index contributed by atoms with van der Waals surface area (Å²) in [6, 6.07) is 0. The molecule has 1 aromatic rings. The Morgan fingerprint density at radius 1 is 1.45 bits per heavy atom. The van der Waals surface area contributed by atoms with Gasteiger partial charge in [-0.05, 0) is 5.92 Å². The fourth-order valence-corrected chi connectivity index (χ4v) is 2.23. The first-order valence-corrected chi connectivity index (χ1v) is 6.58. The SMILES string of the molecule is C[C@H](CC(=O)N1CCn2cnnc2C1)[C@@H](O)CC(N)=O. The molecule has 1 aromatic heterocycles. The van der Waals surface area contributed by atoms with Gasteiger partial charge in [-0.1, -0.05) is 6.92 Å². The smallest absolute Gasteiger partial charge is 0.223 e. The maximum Gasteiger partial charge on any atom is 0.223 e. The predicted octanol–water partition coefficient (Wildman–Crippen LogP) is -1.12. The summed E-state index contributed by atoms with van der Waals surface area (Å²) in [6.07, 6.45) is 0.826. The third kappa shape index (κ3) is 3.32. The molecule has 3 N–H and O–H groups in total. The number of nitrogens with zero attached hydrogens (tertiary/aromatic N) is 4. The van der Waals surface area contributed by atoms with Crippen LogP contribution in [0.2, 0.25) is 0 Å². The van der Waals surface area contributed by atoms with E-state index in [2.05, 4.69) is 10.2 Å². The lowest BCUT2D eigenvalue weighted by Gasteiger charge is -2.28. The minimum atomic E-state index is -0.884. The lowest BCUT2D eigenvalue weighted by Crippen LogP contribution is -2.40. The normalized spacial score (nSPS) is 17.4. The van der Waals surface area contributed by atoms with Crippen molar-refractivity contribution in [1.29, 1.82) is 0 Å². The van der Waals surface area contributed by atoms with Gasteiger partial charge in [0.05, 0.1) is 19.1 Å². The standard InChI is InChI=1S/C12H19N5O3/c1-8(9(18)5-10(13)19)4-12(20)16-2-3-17-7-14-15-11(17)6-16/h7-9,18H,2-6H2,1H3,(H2,13,19)/t8-,9+/m1/s1. The number of hydrogen-bond acceptors (Lipinski definition) is 5. The number of fused-ring (bicyclic) bond motifs is 1. The maximum atomic E-state index is 12.2. The molecule has 2 rings (SSSR count). The molecular formula is C12H19N5O3. The van der Waals surface area contributed by atoms with Gasteiger partial charge in [0.1, 0.15) is 6.33 Å². The zero-order valence-electron chi connectivity index (χ0n) is 11.4. The van der Waals surface area contributed by atoms with Crippen molar-refractivity contribution >= 4 is 11.8 Å². The van der Waals surface area contributed by atoms with Gasteiger partial charge >= 0.3 is 0 Å². The Bertz CT molecular complexity index is 501. The first-order valence-electron chi connectivity index (χ1n) is 6.58. The maximum absolute atomic E-state index is 12.2. The number of primary amides is 1. The lowest BCUT2D eigenvalue weighted by atomic mass is 9.97. The third-order valence-corrected chi connectivity index (χ3v) is 3.56. The van der Waals surface area contributed by atoms with E-state index >= 15 is 0 Å². The summed E-state index contributed by atoms with van der Waals surface area (Å²) < 4.78 is 1.91. The lowest BCUT2D eigenvalue weighted by molar-refractivity contribution is -0.135. The number of aliphatic hydroxyl groups is 1. The summed E-state index contributed by atoms with van der Waals surface area (Å²) in [5, 5.41) is 17.5. The molecular weight excluding hydrogens is 262 g/mol. The topological polar surface area (TPSA) is 114 Å². The van der Waals surface area contributed by atoms with Gasteiger partial charge in [0, 0.05) is 19.5 Å². The molecule has 0 saturated heterocycles. The Morgan fingerprint density at radius 3 is 2.90 bits per heavy atom. The number of carbonyl (C=O) groups is 2. The molecule has 0 saturated carbocycles. The van der Waals surface area contributed by atoms with Gasteiger partial charge in [-0.15, -0.1) is 10.2 Å². The Balaban J connectivity index is 1.88. The molecule has 2 amide bonds. The van der Waals surface area contributed by atoms with E-state index in [0.29, 0.717) is 19.6 Å². The van der Waals surface area contributed by atoms with E-state index < -0.39 is 12.0 Å². The number of aliphatic hydroxyl groups excluding tert-OH is 1. The molecule has 20 heavy (non-hydrogen) atoms. The van der Waals surface area contributed by atoms with Crippen LogP contribution in [0.4, 0.5) is 0 Å². The second kappa shape index (κ2) is 6.00. The first-order chi connectivity index (χ1) is 9.47. The zero-order valence-corrected chi connectivity index (χ0v) is 11.4. The van der Waals surface area contributed by atoms with Crippen LogP contribution in [0, 0.1) is 5.92 Å². The van der Waals surface area contributed by atoms with Crippen LogP contribution in [0.1, 0.15) is 25.6 Å². The summed E-state index contributed by atoms with van der Waals surface area (Å²) in [5.41, 5.74) is 5.03. The second-order valence-electron chi connectivity index (χ2n) is 5.18. The molecule has 0 bridgehead atoms. The number of rotatable bonds is 5. The van der Waals surface area contributed by atoms with E-state index in [-0.39, 0.29) is 24.7 Å². The van der Waals surface area contributed by atoms with Crippen LogP contribution in [0.5, 0.6) is 0 Å². The highest BCUT2D eigenvalue weighted by Crippen LogP contribution is 2.16. The van der Waals surface area contributed by atoms with Crippen molar-refractivity contribution in [1.82, 2.24) is 19.7 Å². The van der Waals surface area contributed by atoms with Crippen molar-refractivity contribution in [2.75, 3.05) is 6.54 Å². The Hall–Kier alpha value is -1.96. The molecule has 0 aromatic carbocycles. The molecule has 0 radical (unpaired) electrons. The molecule has 1 aliphatic rings. The van der Waals surface area contributed by atoms with Gasteiger partial charge in [-0.25, -0.2) is 0 Å². The van der Waals surface area contributed by atoms with E-state index in [1.54, 1.807) is 18.2 Å². The average Bonchev–Trinajstić information content (AvgIpc) is 2.84. The summed E-state index contributed by atoms with van der Waals surface area (Å²) in [5.74, 6) is -0.178. The third-order valence-electron chi connectivity index (χ3n) is 3.56. The van der Waals surface area contributed by atoms with Crippen LogP contribution in [-0.4, -0.2) is 49.2 Å². The molecule has 0 fully saturated rings. The molecule has 2 atom stereocenters. The van der Waals surface area contributed by atoms with Gasteiger partial charge in [0.2, 0.25) is 11.8 Å². The molecule has 8 heteroatoms.